The maximum atomic E-state index is 11.6. The molecule has 0 aromatic carbocycles. The van der Waals surface area contributed by atoms with Crippen molar-refractivity contribution in [1.29, 1.82) is 0 Å². The Kier molecular flexibility index (Phi) is 3.30. The Hall–Kier alpha value is -0.850. The highest BCUT2D eigenvalue weighted by atomic mass is 32.2. The fraction of sp³-hybridized carbons (Fsp3) is 0.500. The standard InChI is InChI=1S/C8H15N3O2S/c1-7(5-9)10-14(12,13)8-3-4-11(2)6-8/h3-4,6-7,10H,5,9H2,1-2H3. The number of hydrogen-bond donors (Lipinski definition) is 2. The third-order valence-corrected chi connectivity index (χ3v) is 3.40. The molecule has 0 aliphatic rings. The molecule has 0 fully saturated rings. The van der Waals surface area contributed by atoms with E-state index in [0.717, 1.165) is 0 Å². The molecule has 0 bridgehead atoms. The summed E-state index contributed by atoms with van der Waals surface area (Å²) in [7, 11) is -1.63. The quantitative estimate of drug-likeness (QED) is 0.723. The largest absolute Gasteiger partial charge is 0.356 e. The molecule has 1 unspecified atom stereocenters. The molecule has 1 atom stereocenters. The Morgan fingerprint density at radius 1 is 1.64 bits per heavy atom. The van der Waals surface area contributed by atoms with Crippen LogP contribution in [0.4, 0.5) is 0 Å². The molecule has 1 heterocycles. The van der Waals surface area contributed by atoms with Crippen molar-refractivity contribution in [3.8, 4) is 0 Å². The van der Waals surface area contributed by atoms with Crippen molar-refractivity contribution in [2.45, 2.75) is 17.9 Å². The van der Waals surface area contributed by atoms with E-state index in [0.29, 0.717) is 0 Å². The van der Waals surface area contributed by atoms with Gasteiger partial charge >= 0.3 is 0 Å². The van der Waals surface area contributed by atoms with E-state index in [2.05, 4.69) is 4.72 Å². The highest BCUT2D eigenvalue weighted by Crippen LogP contribution is 2.08. The number of aryl methyl sites for hydroxylation is 1. The van der Waals surface area contributed by atoms with E-state index in [4.69, 9.17) is 5.73 Å². The Labute approximate surface area is 84.0 Å². The fourth-order valence-electron chi connectivity index (χ4n) is 1.02. The van der Waals surface area contributed by atoms with E-state index in [1.54, 1.807) is 37.0 Å². The number of aromatic nitrogens is 1. The topological polar surface area (TPSA) is 77.1 Å². The number of sulfonamides is 1. The molecule has 0 aliphatic heterocycles. The van der Waals surface area contributed by atoms with Crippen molar-refractivity contribution in [3.63, 3.8) is 0 Å². The Morgan fingerprint density at radius 2 is 2.29 bits per heavy atom. The zero-order chi connectivity index (χ0) is 10.8. The Bertz CT molecular complexity index is 396. The summed E-state index contributed by atoms with van der Waals surface area (Å²) in [4.78, 5) is 0.264. The lowest BCUT2D eigenvalue weighted by Gasteiger charge is -2.10. The highest BCUT2D eigenvalue weighted by Gasteiger charge is 2.16. The van der Waals surface area contributed by atoms with Crippen LogP contribution in [0, 0.1) is 0 Å². The van der Waals surface area contributed by atoms with Gasteiger partial charge in [-0.2, -0.15) is 0 Å². The lowest BCUT2D eigenvalue weighted by Crippen LogP contribution is -2.37. The summed E-state index contributed by atoms with van der Waals surface area (Å²) in [6.07, 6.45) is 3.23. The summed E-state index contributed by atoms with van der Waals surface area (Å²) in [5.74, 6) is 0. The molecule has 14 heavy (non-hydrogen) atoms. The van der Waals surface area contributed by atoms with Gasteiger partial charge in [0.25, 0.3) is 0 Å². The van der Waals surface area contributed by atoms with Crippen LogP contribution < -0.4 is 10.5 Å². The third-order valence-electron chi connectivity index (χ3n) is 1.83. The number of nitrogens with two attached hydrogens (primary N) is 1. The summed E-state index contributed by atoms with van der Waals surface area (Å²) in [5.41, 5.74) is 5.33. The zero-order valence-electron chi connectivity index (χ0n) is 8.27. The lowest BCUT2D eigenvalue weighted by molar-refractivity contribution is 0.562. The summed E-state index contributed by atoms with van der Waals surface area (Å²) >= 11 is 0. The molecular formula is C8H15N3O2S. The van der Waals surface area contributed by atoms with Gasteiger partial charge in [0, 0.05) is 32.0 Å². The molecule has 0 aliphatic carbocycles. The van der Waals surface area contributed by atoms with Gasteiger partial charge < -0.3 is 10.3 Å². The van der Waals surface area contributed by atoms with E-state index in [1.807, 2.05) is 0 Å². The molecule has 0 radical (unpaired) electrons. The van der Waals surface area contributed by atoms with Crippen LogP contribution in [0.25, 0.3) is 0 Å². The lowest BCUT2D eigenvalue weighted by atomic mass is 10.4. The van der Waals surface area contributed by atoms with Crippen LogP contribution in [0.15, 0.2) is 23.4 Å². The first-order valence-corrected chi connectivity index (χ1v) is 5.78. The maximum Gasteiger partial charge on any atom is 0.242 e. The molecule has 0 amide bonds. The minimum absolute atomic E-state index is 0.250. The second kappa shape index (κ2) is 4.12. The molecule has 5 nitrogen and oxygen atoms in total. The van der Waals surface area contributed by atoms with Crippen molar-refractivity contribution >= 4 is 10.0 Å². The highest BCUT2D eigenvalue weighted by molar-refractivity contribution is 7.89. The third kappa shape index (κ3) is 2.57. The normalized spacial score (nSPS) is 14.2. The SMILES string of the molecule is CC(CN)NS(=O)(=O)c1ccn(C)c1. The summed E-state index contributed by atoms with van der Waals surface area (Å²) in [5, 5.41) is 0. The van der Waals surface area contributed by atoms with Crippen LogP contribution >= 0.6 is 0 Å². The van der Waals surface area contributed by atoms with Gasteiger partial charge in [0.15, 0.2) is 0 Å². The molecule has 3 N–H and O–H groups in total. The van der Waals surface area contributed by atoms with Crippen LogP contribution in [0.5, 0.6) is 0 Å². The molecule has 0 saturated carbocycles. The minimum atomic E-state index is -3.40. The van der Waals surface area contributed by atoms with Gasteiger partial charge in [-0.25, -0.2) is 13.1 Å². The first-order chi connectivity index (χ1) is 6.45. The predicted octanol–water partition coefficient (Wildman–Crippen LogP) is -0.349. The monoisotopic (exact) mass is 217 g/mol. The van der Waals surface area contributed by atoms with E-state index in [1.165, 1.54) is 0 Å². The average molecular weight is 217 g/mol. The predicted molar refractivity (Wildman–Crippen MR) is 54.3 cm³/mol. The number of nitrogens with one attached hydrogen (secondary N) is 1. The molecule has 1 aromatic heterocycles. The van der Waals surface area contributed by atoms with Crippen LogP contribution in [-0.2, 0) is 17.1 Å². The summed E-state index contributed by atoms with van der Waals surface area (Å²) in [6, 6.07) is 1.30. The molecule has 1 rings (SSSR count). The second-order valence-electron chi connectivity index (χ2n) is 3.27. The summed E-state index contributed by atoms with van der Waals surface area (Å²) in [6.45, 7) is 2.01. The number of nitrogens with zero attached hydrogens (tertiary/aromatic N) is 1. The smallest absolute Gasteiger partial charge is 0.242 e. The molecule has 1 aromatic rings. The first-order valence-electron chi connectivity index (χ1n) is 4.30. The van der Waals surface area contributed by atoms with Crippen molar-refractivity contribution in [1.82, 2.24) is 9.29 Å². The molecular weight excluding hydrogens is 202 g/mol. The van der Waals surface area contributed by atoms with Gasteiger partial charge in [-0.05, 0) is 13.0 Å². The molecule has 6 heteroatoms. The fourth-order valence-corrected chi connectivity index (χ4v) is 2.32. The van der Waals surface area contributed by atoms with Gasteiger partial charge in [-0.1, -0.05) is 0 Å². The van der Waals surface area contributed by atoms with Gasteiger partial charge in [-0.3, -0.25) is 0 Å². The maximum absolute atomic E-state index is 11.6. The van der Waals surface area contributed by atoms with Crippen molar-refractivity contribution in [3.05, 3.63) is 18.5 Å². The van der Waals surface area contributed by atoms with E-state index < -0.39 is 10.0 Å². The molecule has 0 saturated heterocycles. The van der Waals surface area contributed by atoms with Crippen LogP contribution in [-0.4, -0.2) is 25.6 Å². The number of rotatable bonds is 4. The van der Waals surface area contributed by atoms with Crippen LogP contribution in [0.3, 0.4) is 0 Å². The summed E-state index contributed by atoms with van der Waals surface area (Å²) < 4.78 is 27.4. The van der Waals surface area contributed by atoms with E-state index >= 15 is 0 Å². The Morgan fingerprint density at radius 3 is 2.71 bits per heavy atom. The van der Waals surface area contributed by atoms with E-state index in [-0.39, 0.29) is 17.5 Å². The van der Waals surface area contributed by atoms with Gasteiger partial charge in [0.2, 0.25) is 10.0 Å². The number of hydrogen-bond acceptors (Lipinski definition) is 3. The van der Waals surface area contributed by atoms with Crippen molar-refractivity contribution < 1.29 is 8.42 Å². The van der Waals surface area contributed by atoms with Gasteiger partial charge in [-0.15, -0.1) is 0 Å². The second-order valence-corrected chi connectivity index (χ2v) is 4.98. The van der Waals surface area contributed by atoms with Crippen LogP contribution in [0.2, 0.25) is 0 Å². The van der Waals surface area contributed by atoms with Crippen molar-refractivity contribution in [2.24, 2.45) is 12.8 Å². The Balaban J connectivity index is 2.86. The molecule has 80 valence electrons. The first kappa shape index (κ1) is 11.2. The van der Waals surface area contributed by atoms with Crippen LogP contribution in [0.1, 0.15) is 6.92 Å². The molecule has 0 spiro atoms. The van der Waals surface area contributed by atoms with Gasteiger partial charge in [0.05, 0.1) is 4.90 Å². The minimum Gasteiger partial charge on any atom is -0.356 e. The average Bonchev–Trinajstić information content (AvgIpc) is 2.51. The van der Waals surface area contributed by atoms with E-state index in [9.17, 15) is 8.42 Å². The zero-order valence-corrected chi connectivity index (χ0v) is 9.08. The van der Waals surface area contributed by atoms with Gasteiger partial charge in [0.1, 0.15) is 0 Å². The van der Waals surface area contributed by atoms with Crippen molar-refractivity contribution in [2.75, 3.05) is 6.54 Å².